The maximum atomic E-state index is 12.4. The van der Waals surface area contributed by atoms with Gasteiger partial charge in [0.25, 0.3) is 5.91 Å². The summed E-state index contributed by atoms with van der Waals surface area (Å²) in [6, 6.07) is 13.2. The standard InChI is InChI=1S/C21H21N5O3/c1-26(2)16-6-3-14(4-7-16)24-20-13-22-17(12-23-20)21(27)25-15-5-8-18-19(11-15)29-10-9-28-18/h3-8,11-13H,9-10H2,1-2H3,(H,23,24)(H,25,27). The van der Waals surface area contributed by atoms with Gasteiger partial charge in [0, 0.05) is 37.2 Å². The Bertz CT molecular complexity index is 1000. The molecule has 0 unspecified atom stereocenters. The first-order valence-corrected chi connectivity index (χ1v) is 9.16. The number of carbonyl (C=O) groups is 1. The van der Waals surface area contributed by atoms with Gasteiger partial charge in [-0.15, -0.1) is 0 Å². The Morgan fingerprint density at radius 1 is 0.931 bits per heavy atom. The maximum Gasteiger partial charge on any atom is 0.275 e. The molecule has 2 N–H and O–H groups in total. The zero-order valence-corrected chi connectivity index (χ0v) is 16.2. The molecule has 0 fully saturated rings. The Kier molecular flexibility index (Phi) is 5.15. The number of carbonyl (C=O) groups excluding carboxylic acids is 1. The van der Waals surface area contributed by atoms with E-state index in [-0.39, 0.29) is 11.6 Å². The first kappa shape index (κ1) is 18.5. The quantitative estimate of drug-likeness (QED) is 0.690. The van der Waals surface area contributed by atoms with Crippen LogP contribution in [0.1, 0.15) is 10.5 Å². The lowest BCUT2D eigenvalue weighted by molar-refractivity contribution is 0.102. The third-order valence-electron chi connectivity index (χ3n) is 4.34. The first-order valence-electron chi connectivity index (χ1n) is 9.16. The van der Waals surface area contributed by atoms with Crippen LogP contribution in [0.15, 0.2) is 54.9 Å². The molecule has 2 heterocycles. The molecule has 0 aliphatic carbocycles. The minimum Gasteiger partial charge on any atom is -0.486 e. The van der Waals surface area contributed by atoms with Gasteiger partial charge in [-0.1, -0.05) is 0 Å². The topological polar surface area (TPSA) is 88.6 Å². The number of nitrogens with one attached hydrogen (secondary N) is 2. The molecule has 1 amide bonds. The SMILES string of the molecule is CN(C)c1ccc(Nc2cnc(C(=O)Nc3ccc4c(c3)OCCO4)cn2)cc1. The summed E-state index contributed by atoms with van der Waals surface area (Å²) in [6.07, 6.45) is 2.96. The Morgan fingerprint density at radius 2 is 1.66 bits per heavy atom. The van der Waals surface area contributed by atoms with Crippen molar-refractivity contribution in [3.63, 3.8) is 0 Å². The van der Waals surface area contributed by atoms with Crippen molar-refractivity contribution in [1.29, 1.82) is 0 Å². The molecule has 0 saturated carbocycles. The van der Waals surface area contributed by atoms with Crippen LogP contribution in [0.25, 0.3) is 0 Å². The van der Waals surface area contributed by atoms with Gasteiger partial charge in [-0.3, -0.25) is 4.79 Å². The summed E-state index contributed by atoms with van der Waals surface area (Å²) in [7, 11) is 3.98. The molecule has 8 heteroatoms. The second kappa shape index (κ2) is 8.05. The third kappa shape index (κ3) is 4.37. The van der Waals surface area contributed by atoms with E-state index in [4.69, 9.17) is 9.47 Å². The van der Waals surface area contributed by atoms with Gasteiger partial charge in [0.1, 0.15) is 24.7 Å². The van der Waals surface area contributed by atoms with E-state index >= 15 is 0 Å². The summed E-state index contributed by atoms with van der Waals surface area (Å²) in [5.74, 6) is 1.48. The van der Waals surface area contributed by atoms with Gasteiger partial charge in [0.15, 0.2) is 11.5 Å². The number of rotatable bonds is 5. The van der Waals surface area contributed by atoms with Crippen molar-refractivity contribution >= 4 is 28.8 Å². The number of ether oxygens (including phenoxy) is 2. The van der Waals surface area contributed by atoms with E-state index in [9.17, 15) is 4.79 Å². The van der Waals surface area contributed by atoms with E-state index < -0.39 is 0 Å². The zero-order valence-electron chi connectivity index (χ0n) is 16.2. The average molecular weight is 391 g/mol. The molecule has 4 rings (SSSR count). The average Bonchev–Trinajstić information content (AvgIpc) is 2.74. The summed E-state index contributed by atoms with van der Waals surface area (Å²) in [5.41, 5.74) is 2.81. The first-order chi connectivity index (χ1) is 14.1. The molecule has 3 aromatic rings. The monoisotopic (exact) mass is 391 g/mol. The van der Waals surface area contributed by atoms with Crippen molar-refractivity contribution in [3.05, 3.63) is 60.6 Å². The number of hydrogen-bond acceptors (Lipinski definition) is 7. The van der Waals surface area contributed by atoms with E-state index in [1.54, 1.807) is 18.2 Å². The number of aromatic nitrogens is 2. The van der Waals surface area contributed by atoms with Crippen molar-refractivity contribution in [3.8, 4) is 11.5 Å². The van der Waals surface area contributed by atoms with Crippen molar-refractivity contribution in [1.82, 2.24) is 9.97 Å². The van der Waals surface area contributed by atoms with Crippen LogP contribution >= 0.6 is 0 Å². The number of fused-ring (bicyclic) bond motifs is 1. The molecule has 1 aromatic heterocycles. The molecular weight excluding hydrogens is 370 g/mol. The van der Waals surface area contributed by atoms with Crippen LogP contribution in [0.2, 0.25) is 0 Å². The minimum absolute atomic E-state index is 0.216. The largest absolute Gasteiger partial charge is 0.486 e. The van der Waals surface area contributed by atoms with Crippen molar-refractivity contribution in [2.75, 3.05) is 42.8 Å². The lowest BCUT2D eigenvalue weighted by Gasteiger charge is -2.18. The Balaban J connectivity index is 1.40. The lowest BCUT2D eigenvalue weighted by atomic mass is 10.2. The van der Waals surface area contributed by atoms with Gasteiger partial charge in [0.2, 0.25) is 0 Å². The molecule has 0 atom stereocenters. The van der Waals surface area contributed by atoms with Crippen LogP contribution in [0.3, 0.4) is 0 Å². The van der Waals surface area contributed by atoms with Gasteiger partial charge < -0.3 is 25.0 Å². The van der Waals surface area contributed by atoms with Crippen LogP contribution in [0.5, 0.6) is 11.5 Å². The van der Waals surface area contributed by atoms with Crippen molar-refractivity contribution in [2.24, 2.45) is 0 Å². The Labute approximate surface area is 168 Å². The molecule has 0 saturated heterocycles. The molecule has 2 aromatic carbocycles. The normalized spacial score (nSPS) is 12.2. The van der Waals surface area contributed by atoms with Gasteiger partial charge in [0.05, 0.1) is 12.4 Å². The molecule has 148 valence electrons. The Morgan fingerprint density at radius 3 is 2.34 bits per heavy atom. The zero-order chi connectivity index (χ0) is 20.2. The fraction of sp³-hybridized carbons (Fsp3) is 0.190. The number of hydrogen-bond donors (Lipinski definition) is 2. The van der Waals surface area contributed by atoms with Gasteiger partial charge in [-0.25, -0.2) is 9.97 Å². The predicted molar refractivity (Wildman–Crippen MR) is 111 cm³/mol. The van der Waals surface area contributed by atoms with Crippen LogP contribution in [0, 0.1) is 0 Å². The number of benzene rings is 2. The van der Waals surface area contributed by atoms with Gasteiger partial charge in [-0.2, -0.15) is 0 Å². The van der Waals surface area contributed by atoms with E-state index in [1.165, 1.54) is 12.4 Å². The highest BCUT2D eigenvalue weighted by Crippen LogP contribution is 2.32. The lowest BCUT2D eigenvalue weighted by Crippen LogP contribution is -2.17. The summed E-state index contributed by atoms with van der Waals surface area (Å²) in [5, 5.41) is 5.96. The highest BCUT2D eigenvalue weighted by atomic mass is 16.6. The molecule has 1 aliphatic heterocycles. The third-order valence-corrected chi connectivity index (χ3v) is 4.34. The second-order valence-corrected chi connectivity index (χ2v) is 6.67. The van der Waals surface area contributed by atoms with Crippen molar-refractivity contribution in [2.45, 2.75) is 0 Å². The number of amides is 1. The highest BCUT2D eigenvalue weighted by Gasteiger charge is 2.14. The molecule has 29 heavy (non-hydrogen) atoms. The number of anilines is 4. The fourth-order valence-corrected chi connectivity index (χ4v) is 2.82. The fourth-order valence-electron chi connectivity index (χ4n) is 2.82. The van der Waals surface area contributed by atoms with E-state index in [0.717, 1.165) is 11.4 Å². The number of nitrogens with zero attached hydrogens (tertiary/aromatic N) is 3. The summed E-state index contributed by atoms with van der Waals surface area (Å²) in [4.78, 5) is 22.9. The van der Waals surface area contributed by atoms with E-state index in [0.29, 0.717) is 36.2 Å². The highest BCUT2D eigenvalue weighted by molar-refractivity contribution is 6.02. The van der Waals surface area contributed by atoms with Crippen LogP contribution in [0.4, 0.5) is 22.9 Å². The smallest absolute Gasteiger partial charge is 0.275 e. The maximum absolute atomic E-state index is 12.4. The van der Waals surface area contributed by atoms with E-state index in [1.807, 2.05) is 43.3 Å². The van der Waals surface area contributed by atoms with Crippen LogP contribution in [-0.4, -0.2) is 43.2 Å². The van der Waals surface area contributed by atoms with Crippen LogP contribution < -0.4 is 25.0 Å². The predicted octanol–water partition coefficient (Wildman–Crippen LogP) is 3.31. The molecule has 0 spiro atoms. The molecule has 0 bridgehead atoms. The van der Waals surface area contributed by atoms with Crippen molar-refractivity contribution < 1.29 is 14.3 Å². The minimum atomic E-state index is -0.351. The van der Waals surface area contributed by atoms with Gasteiger partial charge in [-0.05, 0) is 36.4 Å². The summed E-state index contributed by atoms with van der Waals surface area (Å²) < 4.78 is 11.0. The van der Waals surface area contributed by atoms with Crippen LogP contribution in [-0.2, 0) is 0 Å². The molecule has 1 aliphatic rings. The second-order valence-electron chi connectivity index (χ2n) is 6.67. The van der Waals surface area contributed by atoms with Gasteiger partial charge >= 0.3 is 0 Å². The molecule has 0 radical (unpaired) electrons. The molecule has 8 nitrogen and oxygen atoms in total. The van der Waals surface area contributed by atoms with E-state index in [2.05, 4.69) is 20.6 Å². The molecular formula is C21H21N5O3. The summed E-state index contributed by atoms with van der Waals surface area (Å²) >= 11 is 0. The Hall–Kier alpha value is -3.81. The summed E-state index contributed by atoms with van der Waals surface area (Å²) in [6.45, 7) is 1.01.